The third-order valence-electron chi connectivity index (χ3n) is 4.34. The Kier molecular flexibility index (Phi) is 7.16. The zero-order valence-electron chi connectivity index (χ0n) is 16.8. The summed E-state index contributed by atoms with van der Waals surface area (Å²) in [6.07, 6.45) is 0. The van der Waals surface area contributed by atoms with Gasteiger partial charge < -0.3 is 20.3 Å². The van der Waals surface area contributed by atoms with Crippen LogP contribution >= 0.6 is 0 Å². The molecule has 0 spiro atoms. The second-order valence-corrected chi connectivity index (χ2v) is 6.67. The van der Waals surface area contributed by atoms with Gasteiger partial charge in [0.25, 0.3) is 0 Å². The number of nitrogens with one attached hydrogen (secondary N) is 2. The Morgan fingerprint density at radius 2 is 1.29 bits per heavy atom. The van der Waals surface area contributed by atoms with Gasteiger partial charge in [0.15, 0.2) is 0 Å². The number of halogens is 2. The highest BCUT2D eigenvalue weighted by molar-refractivity contribution is 5.98. The first kappa shape index (κ1) is 21.8. The lowest BCUT2D eigenvalue weighted by atomic mass is 10.2. The number of rotatable bonds is 8. The summed E-state index contributed by atoms with van der Waals surface area (Å²) in [5.41, 5.74) is 1.48. The van der Waals surface area contributed by atoms with E-state index < -0.39 is 11.6 Å². The SMILES string of the molecule is COc1cccc(N(CC(=O)Nc2ccc(F)cc2)CC(=O)Nc2ccc(F)cc2)c1. The lowest BCUT2D eigenvalue weighted by molar-refractivity contribution is -0.115. The number of hydrogen-bond acceptors (Lipinski definition) is 4. The van der Waals surface area contributed by atoms with Crippen LogP contribution in [0.15, 0.2) is 72.8 Å². The summed E-state index contributed by atoms with van der Waals surface area (Å²) < 4.78 is 31.4. The Hall–Kier alpha value is -3.94. The van der Waals surface area contributed by atoms with Crippen LogP contribution in [0.5, 0.6) is 5.75 Å². The van der Waals surface area contributed by atoms with E-state index in [1.165, 1.54) is 55.6 Å². The molecular weight excluding hydrogens is 404 g/mol. The Labute approximate surface area is 178 Å². The molecule has 0 aliphatic rings. The molecule has 0 aliphatic heterocycles. The summed E-state index contributed by atoms with van der Waals surface area (Å²) in [5, 5.41) is 5.35. The van der Waals surface area contributed by atoms with Crippen molar-refractivity contribution in [1.82, 2.24) is 0 Å². The molecule has 0 bridgehead atoms. The van der Waals surface area contributed by atoms with Gasteiger partial charge in [0.1, 0.15) is 17.4 Å². The van der Waals surface area contributed by atoms with Crippen molar-refractivity contribution in [3.63, 3.8) is 0 Å². The van der Waals surface area contributed by atoms with Crippen molar-refractivity contribution in [2.75, 3.05) is 35.7 Å². The van der Waals surface area contributed by atoms with Gasteiger partial charge in [-0.3, -0.25) is 9.59 Å². The Bertz CT molecular complexity index is 979. The summed E-state index contributed by atoms with van der Waals surface area (Å²) in [7, 11) is 1.52. The van der Waals surface area contributed by atoms with Crippen molar-refractivity contribution in [3.05, 3.63) is 84.4 Å². The smallest absolute Gasteiger partial charge is 0.243 e. The molecule has 0 radical (unpaired) electrons. The summed E-state index contributed by atoms with van der Waals surface area (Å²) >= 11 is 0. The predicted octanol–water partition coefficient (Wildman–Crippen LogP) is 4.06. The monoisotopic (exact) mass is 425 g/mol. The number of methoxy groups -OCH3 is 1. The fourth-order valence-corrected chi connectivity index (χ4v) is 2.86. The quantitative estimate of drug-likeness (QED) is 0.571. The average Bonchev–Trinajstić information content (AvgIpc) is 2.76. The number of ether oxygens (including phenoxy) is 1. The van der Waals surface area contributed by atoms with E-state index in [1.807, 2.05) is 0 Å². The largest absolute Gasteiger partial charge is 0.497 e. The van der Waals surface area contributed by atoms with Crippen LogP contribution < -0.4 is 20.3 Å². The molecule has 0 aromatic heterocycles. The lowest BCUT2D eigenvalue weighted by Crippen LogP contribution is -2.39. The standard InChI is InChI=1S/C23H21F2N3O3/c1-31-21-4-2-3-20(13-21)28(14-22(29)26-18-9-5-16(24)6-10-18)15-23(30)27-19-11-7-17(25)8-12-19/h2-13H,14-15H2,1H3,(H,26,29)(H,27,30). The minimum atomic E-state index is -0.409. The van der Waals surface area contributed by atoms with Crippen LogP contribution in [0.25, 0.3) is 0 Å². The maximum Gasteiger partial charge on any atom is 0.243 e. The fraction of sp³-hybridized carbons (Fsp3) is 0.130. The van der Waals surface area contributed by atoms with E-state index >= 15 is 0 Å². The molecule has 6 nitrogen and oxygen atoms in total. The highest BCUT2D eigenvalue weighted by Crippen LogP contribution is 2.21. The van der Waals surface area contributed by atoms with Gasteiger partial charge in [0.2, 0.25) is 11.8 Å². The van der Waals surface area contributed by atoms with Crippen LogP contribution in [-0.2, 0) is 9.59 Å². The number of nitrogens with zero attached hydrogens (tertiary/aromatic N) is 1. The topological polar surface area (TPSA) is 70.7 Å². The predicted molar refractivity (Wildman–Crippen MR) is 115 cm³/mol. The molecule has 3 aromatic rings. The van der Waals surface area contributed by atoms with E-state index in [9.17, 15) is 18.4 Å². The summed E-state index contributed by atoms with van der Waals surface area (Å²) in [4.78, 5) is 26.7. The van der Waals surface area contributed by atoms with Crippen LogP contribution in [0.3, 0.4) is 0 Å². The van der Waals surface area contributed by atoms with Gasteiger partial charge in [0, 0.05) is 23.1 Å². The maximum absolute atomic E-state index is 13.1. The molecule has 0 unspecified atom stereocenters. The van der Waals surface area contributed by atoms with E-state index in [4.69, 9.17) is 4.74 Å². The van der Waals surface area contributed by atoms with Gasteiger partial charge in [-0.15, -0.1) is 0 Å². The minimum Gasteiger partial charge on any atom is -0.497 e. The molecule has 0 aliphatic carbocycles. The number of hydrogen-bond donors (Lipinski definition) is 2. The van der Waals surface area contributed by atoms with Crippen LogP contribution in [0.4, 0.5) is 25.8 Å². The lowest BCUT2D eigenvalue weighted by Gasteiger charge is -2.24. The zero-order valence-corrected chi connectivity index (χ0v) is 16.8. The number of carbonyl (C=O) groups is 2. The Morgan fingerprint density at radius 3 is 1.74 bits per heavy atom. The number of benzene rings is 3. The first-order valence-electron chi connectivity index (χ1n) is 9.43. The number of carbonyl (C=O) groups excluding carboxylic acids is 2. The van der Waals surface area contributed by atoms with Crippen molar-refractivity contribution in [2.24, 2.45) is 0 Å². The molecular formula is C23H21F2N3O3. The Morgan fingerprint density at radius 1 is 0.806 bits per heavy atom. The fourth-order valence-electron chi connectivity index (χ4n) is 2.86. The van der Waals surface area contributed by atoms with Crippen molar-refractivity contribution in [2.45, 2.75) is 0 Å². The molecule has 160 valence electrons. The van der Waals surface area contributed by atoms with Crippen LogP contribution in [0.1, 0.15) is 0 Å². The molecule has 0 saturated heterocycles. The molecule has 3 aromatic carbocycles. The van der Waals surface area contributed by atoms with Crippen LogP contribution in [-0.4, -0.2) is 32.0 Å². The van der Waals surface area contributed by atoms with Crippen molar-refractivity contribution >= 4 is 28.9 Å². The highest BCUT2D eigenvalue weighted by atomic mass is 19.1. The van der Waals surface area contributed by atoms with Crippen LogP contribution in [0, 0.1) is 11.6 Å². The first-order valence-corrected chi connectivity index (χ1v) is 9.43. The first-order chi connectivity index (χ1) is 14.9. The molecule has 3 rings (SSSR count). The van der Waals surface area contributed by atoms with Crippen molar-refractivity contribution < 1.29 is 23.1 Å². The molecule has 2 N–H and O–H groups in total. The molecule has 0 atom stereocenters. The summed E-state index contributed by atoms with van der Waals surface area (Å²) in [6, 6.07) is 17.7. The Balaban J connectivity index is 1.73. The number of anilines is 3. The molecule has 8 heteroatoms. The van der Waals surface area contributed by atoms with Gasteiger partial charge in [-0.2, -0.15) is 0 Å². The highest BCUT2D eigenvalue weighted by Gasteiger charge is 2.17. The average molecular weight is 425 g/mol. The van der Waals surface area contributed by atoms with E-state index in [0.29, 0.717) is 22.8 Å². The zero-order chi connectivity index (χ0) is 22.2. The second-order valence-electron chi connectivity index (χ2n) is 6.67. The molecule has 31 heavy (non-hydrogen) atoms. The third-order valence-corrected chi connectivity index (χ3v) is 4.34. The van der Waals surface area contributed by atoms with E-state index in [1.54, 1.807) is 29.2 Å². The third kappa shape index (κ3) is 6.53. The maximum atomic E-state index is 13.1. The van der Waals surface area contributed by atoms with E-state index in [-0.39, 0.29) is 24.9 Å². The van der Waals surface area contributed by atoms with Gasteiger partial charge >= 0.3 is 0 Å². The van der Waals surface area contributed by atoms with Crippen LogP contribution in [0.2, 0.25) is 0 Å². The van der Waals surface area contributed by atoms with Crippen molar-refractivity contribution in [3.8, 4) is 5.75 Å². The molecule has 0 heterocycles. The molecule has 0 saturated carbocycles. The second kappa shape index (κ2) is 10.2. The molecule has 0 fully saturated rings. The summed E-state index contributed by atoms with van der Waals surface area (Å²) in [5.74, 6) is -1.02. The van der Waals surface area contributed by atoms with Gasteiger partial charge in [-0.1, -0.05) is 6.07 Å². The van der Waals surface area contributed by atoms with E-state index in [2.05, 4.69) is 10.6 Å². The number of amides is 2. The van der Waals surface area contributed by atoms with Gasteiger partial charge in [0.05, 0.1) is 20.2 Å². The summed E-state index contributed by atoms with van der Waals surface area (Å²) in [6.45, 7) is -0.275. The van der Waals surface area contributed by atoms with Crippen molar-refractivity contribution in [1.29, 1.82) is 0 Å². The van der Waals surface area contributed by atoms with E-state index in [0.717, 1.165) is 0 Å². The van der Waals surface area contributed by atoms with Gasteiger partial charge in [-0.05, 0) is 60.7 Å². The molecule has 2 amide bonds. The normalized spacial score (nSPS) is 10.3. The van der Waals surface area contributed by atoms with Gasteiger partial charge in [-0.25, -0.2) is 8.78 Å². The minimum absolute atomic E-state index is 0.138.